The summed E-state index contributed by atoms with van der Waals surface area (Å²) in [6, 6.07) is 0. The van der Waals surface area contributed by atoms with Gasteiger partial charge in [0.15, 0.2) is 0 Å². The molecule has 0 aromatic carbocycles. The quantitative estimate of drug-likeness (QED) is 0.345. The molecule has 0 saturated carbocycles. The van der Waals surface area contributed by atoms with E-state index >= 15 is 0 Å². The molecule has 8 heavy (non-hydrogen) atoms. The lowest BCUT2D eigenvalue weighted by atomic mass is 10.7. The molecule has 0 fully saturated rings. The van der Waals surface area contributed by atoms with Crippen LogP contribution in [0.5, 0.6) is 0 Å². The molecule has 0 heterocycles. The third kappa shape index (κ3) is 236. The van der Waals surface area contributed by atoms with Crippen LogP contribution in [0.25, 0.3) is 0 Å². The molecule has 0 saturated heterocycles. The molecule has 1 amide bonds. The molecule has 6 N–H and O–H groups in total. The average molecular weight is 137 g/mol. The molecule has 0 rings (SSSR count). The number of primary amides is 1. The van der Waals surface area contributed by atoms with Crippen LogP contribution in [-0.4, -0.2) is 18.3 Å². The lowest BCUT2D eigenvalue weighted by molar-refractivity contribution is 0.267. The van der Waals surface area contributed by atoms with Gasteiger partial charge in [0.05, 0.1) is 0 Å². The topological polar surface area (TPSA) is 95.1 Å². The summed E-state index contributed by atoms with van der Waals surface area (Å²) < 4.78 is 0. The van der Waals surface area contributed by atoms with Gasteiger partial charge in [-0.3, -0.25) is 4.79 Å². The first-order valence-corrected chi connectivity index (χ1v) is 2.48. The van der Waals surface area contributed by atoms with Gasteiger partial charge in [-0.15, -0.1) is 0 Å². The van der Waals surface area contributed by atoms with Crippen LogP contribution in [0.2, 0.25) is 0 Å². The highest BCUT2D eigenvalue weighted by molar-refractivity contribution is 7.96. The van der Waals surface area contributed by atoms with E-state index in [9.17, 15) is 0 Å². The molecule has 0 aliphatic carbocycles. The van der Waals surface area contributed by atoms with Crippen LogP contribution in [0.4, 0.5) is 4.79 Å². The normalized spacial score (nSPS) is 6.88. The second-order valence-corrected chi connectivity index (χ2v) is 1.36. The SMILES string of the molecule is NC(=O)S.NCCN. The number of nitrogens with two attached hydrogens (primary N) is 3. The summed E-state index contributed by atoms with van der Waals surface area (Å²) in [6.07, 6.45) is 0. The lowest BCUT2D eigenvalue weighted by Crippen LogP contribution is -2.11. The first-order valence-electron chi connectivity index (χ1n) is 2.03. The number of carbonyl (C=O) groups is 1. The van der Waals surface area contributed by atoms with Gasteiger partial charge >= 0.3 is 0 Å². The first-order chi connectivity index (χ1) is 3.65. The van der Waals surface area contributed by atoms with E-state index in [0.717, 1.165) is 0 Å². The van der Waals surface area contributed by atoms with Crippen molar-refractivity contribution in [3.05, 3.63) is 0 Å². The van der Waals surface area contributed by atoms with Crippen molar-refractivity contribution in [2.45, 2.75) is 0 Å². The Morgan fingerprint density at radius 3 is 1.50 bits per heavy atom. The van der Waals surface area contributed by atoms with Gasteiger partial charge in [-0.05, 0) is 0 Å². The van der Waals surface area contributed by atoms with E-state index in [-0.39, 0.29) is 0 Å². The number of hydrogen-bond donors (Lipinski definition) is 4. The van der Waals surface area contributed by atoms with Crippen molar-refractivity contribution in [2.75, 3.05) is 13.1 Å². The van der Waals surface area contributed by atoms with Crippen molar-refractivity contribution >= 4 is 17.9 Å². The van der Waals surface area contributed by atoms with Crippen LogP contribution in [0.15, 0.2) is 0 Å². The molecule has 0 aliphatic heterocycles. The van der Waals surface area contributed by atoms with E-state index in [1.165, 1.54) is 0 Å². The van der Waals surface area contributed by atoms with E-state index in [0.29, 0.717) is 13.1 Å². The number of hydrogen-bond acceptors (Lipinski definition) is 3. The Balaban J connectivity index is 0. The molecular formula is C3H11N3OS. The average Bonchev–Trinajstić information content (AvgIpc) is 1.65. The van der Waals surface area contributed by atoms with Crippen molar-refractivity contribution in [1.29, 1.82) is 0 Å². The number of rotatable bonds is 1. The molecule has 0 bridgehead atoms. The number of carbonyl (C=O) groups excluding carboxylic acids is 1. The van der Waals surface area contributed by atoms with E-state index in [1.54, 1.807) is 0 Å². The van der Waals surface area contributed by atoms with Gasteiger partial charge in [0.2, 0.25) is 0 Å². The van der Waals surface area contributed by atoms with Crippen molar-refractivity contribution < 1.29 is 4.79 Å². The lowest BCUT2D eigenvalue weighted by Gasteiger charge is -1.72. The van der Waals surface area contributed by atoms with Crippen LogP contribution >= 0.6 is 12.6 Å². The van der Waals surface area contributed by atoms with Gasteiger partial charge in [-0.25, -0.2) is 0 Å². The second kappa shape index (κ2) is 9.88. The highest BCUT2D eigenvalue weighted by Gasteiger charge is 1.63. The summed E-state index contributed by atoms with van der Waals surface area (Å²) in [7, 11) is 0. The second-order valence-electron chi connectivity index (χ2n) is 0.916. The Kier molecular flexibility index (Phi) is 13.2. The third-order valence-electron chi connectivity index (χ3n) is 0.167. The third-order valence-corrected chi connectivity index (χ3v) is 0.167. The fraction of sp³-hybridized carbons (Fsp3) is 0.667. The van der Waals surface area contributed by atoms with Gasteiger partial charge in [0.25, 0.3) is 5.24 Å². The summed E-state index contributed by atoms with van der Waals surface area (Å²) in [5.74, 6) is 0. The molecule has 4 nitrogen and oxygen atoms in total. The molecule has 0 aromatic heterocycles. The van der Waals surface area contributed by atoms with Crippen LogP contribution < -0.4 is 17.2 Å². The molecular weight excluding hydrogens is 126 g/mol. The van der Waals surface area contributed by atoms with E-state index in [2.05, 4.69) is 18.4 Å². The smallest absolute Gasteiger partial charge is 0.273 e. The Hall–Kier alpha value is -0.260. The maximum absolute atomic E-state index is 9.09. The minimum absolute atomic E-state index is 0.597. The molecule has 0 unspecified atom stereocenters. The number of thiol groups is 1. The summed E-state index contributed by atoms with van der Waals surface area (Å²) in [5, 5.41) is -0.639. The Morgan fingerprint density at radius 1 is 1.38 bits per heavy atom. The molecule has 0 aliphatic rings. The van der Waals surface area contributed by atoms with E-state index in [4.69, 9.17) is 16.3 Å². The minimum Gasteiger partial charge on any atom is -0.361 e. The van der Waals surface area contributed by atoms with E-state index < -0.39 is 5.24 Å². The zero-order chi connectivity index (χ0) is 6.99. The standard InChI is InChI=1S/C2H8N2.CH3NOS/c3-1-2-4;2-1(3)4/h1-4H2;(H3,2,3,4). The Morgan fingerprint density at radius 2 is 1.50 bits per heavy atom. The van der Waals surface area contributed by atoms with Gasteiger partial charge in [-0.2, -0.15) is 0 Å². The molecule has 0 aromatic rings. The summed E-state index contributed by atoms with van der Waals surface area (Å²) in [6.45, 7) is 1.19. The Labute approximate surface area is 53.8 Å². The van der Waals surface area contributed by atoms with Crippen molar-refractivity contribution in [1.82, 2.24) is 0 Å². The van der Waals surface area contributed by atoms with E-state index in [1.807, 2.05) is 0 Å². The molecule has 0 radical (unpaired) electrons. The zero-order valence-electron chi connectivity index (χ0n) is 4.50. The fourth-order valence-electron chi connectivity index (χ4n) is 0. The zero-order valence-corrected chi connectivity index (χ0v) is 5.40. The first kappa shape index (κ1) is 10.7. The highest BCUT2D eigenvalue weighted by Crippen LogP contribution is 1.60. The fourth-order valence-corrected chi connectivity index (χ4v) is 0. The highest BCUT2D eigenvalue weighted by atomic mass is 32.1. The molecule has 0 spiro atoms. The van der Waals surface area contributed by atoms with Gasteiger partial charge in [0.1, 0.15) is 0 Å². The van der Waals surface area contributed by atoms with Crippen LogP contribution in [0, 0.1) is 0 Å². The molecule has 0 atom stereocenters. The summed E-state index contributed by atoms with van der Waals surface area (Å²) in [5.41, 5.74) is 14.1. The van der Waals surface area contributed by atoms with Gasteiger partial charge < -0.3 is 17.2 Å². The molecule has 50 valence electrons. The minimum atomic E-state index is -0.639. The van der Waals surface area contributed by atoms with Crippen molar-refractivity contribution in [3.8, 4) is 0 Å². The van der Waals surface area contributed by atoms with Crippen LogP contribution in [0.3, 0.4) is 0 Å². The summed E-state index contributed by atoms with van der Waals surface area (Å²) >= 11 is 3.10. The van der Waals surface area contributed by atoms with Crippen LogP contribution in [0.1, 0.15) is 0 Å². The molecule has 5 heteroatoms. The maximum atomic E-state index is 9.09. The predicted molar refractivity (Wildman–Crippen MR) is 36.7 cm³/mol. The predicted octanol–water partition coefficient (Wildman–Crippen LogP) is -1.10. The van der Waals surface area contributed by atoms with Crippen molar-refractivity contribution in [2.24, 2.45) is 17.2 Å². The van der Waals surface area contributed by atoms with Crippen molar-refractivity contribution in [3.63, 3.8) is 0 Å². The largest absolute Gasteiger partial charge is 0.361 e. The summed E-state index contributed by atoms with van der Waals surface area (Å²) in [4.78, 5) is 9.09. The Bertz CT molecular complexity index is 52.5. The number of amides is 1. The van der Waals surface area contributed by atoms with Gasteiger partial charge in [-0.1, -0.05) is 12.6 Å². The maximum Gasteiger partial charge on any atom is 0.273 e. The monoisotopic (exact) mass is 137 g/mol. The van der Waals surface area contributed by atoms with Gasteiger partial charge in [0, 0.05) is 13.1 Å². The van der Waals surface area contributed by atoms with Crippen LogP contribution in [-0.2, 0) is 0 Å².